The third-order valence-electron chi connectivity index (χ3n) is 2.65. The molecule has 0 spiro atoms. The van der Waals surface area contributed by atoms with Gasteiger partial charge in [-0.25, -0.2) is 0 Å². The Hall–Kier alpha value is -0.650. The van der Waals surface area contributed by atoms with E-state index in [2.05, 4.69) is 10.6 Å². The minimum atomic E-state index is -0.0852. The van der Waals surface area contributed by atoms with E-state index in [1.165, 1.54) is 7.11 Å². The molecule has 88 valence electrons. The van der Waals surface area contributed by atoms with E-state index in [-0.39, 0.29) is 18.1 Å². The Morgan fingerprint density at radius 1 is 1.47 bits per heavy atom. The minimum Gasteiger partial charge on any atom is -0.383 e. The van der Waals surface area contributed by atoms with Crippen LogP contribution in [0.1, 0.15) is 12.8 Å². The zero-order valence-corrected chi connectivity index (χ0v) is 9.47. The lowest BCUT2D eigenvalue weighted by molar-refractivity contribution is -0.125. The van der Waals surface area contributed by atoms with Crippen LogP contribution in [0.2, 0.25) is 0 Å². The summed E-state index contributed by atoms with van der Waals surface area (Å²) in [5, 5.41) is 6.23. The van der Waals surface area contributed by atoms with Crippen molar-refractivity contribution in [2.75, 3.05) is 40.5 Å². The fraction of sp³-hybridized carbons (Fsp3) is 0.900. The molecule has 1 aliphatic heterocycles. The second-order valence-electron chi connectivity index (χ2n) is 3.95. The molecule has 0 aliphatic carbocycles. The highest BCUT2D eigenvalue weighted by molar-refractivity contribution is 5.77. The maximum atomic E-state index is 11.2. The SMILES string of the molecule is COCC(=O)NCC1(COC)CCCN1. The van der Waals surface area contributed by atoms with Crippen LogP contribution in [0.3, 0.4) is 0 Å². The normalized spacial score (nSPS) is 25.5. The number of nitrogens with one attached hydrogen (secondary N) is 2. The van der Waals surface area contributed by atoms with Gasteiger partial charge in [-0.05, 0) is 19.4 Å². The average molecular weight is 216 g/mol. The molecule has 1 aliphatic rings. The van der Waals surface area contributed by atoms with Crippen molar-refractivity contribution in [3.63, 3.8) is 0 Å². The fourth-order valence-corrected chi connectivity index (χ4v) is 1.92. The Balaban J connectivity index is 2.35. The first-order chi connectivity index (χ1) is 7.22. The van der Waals surface area contributed by atoms with Crippen molar-refractivity contribution < 1.29 is 14.3 Å². The summed E-state index contributed by atoms with van der Waals surface area (Å²) in [6.45, 7) is 2.33. The Labute approximate surface area is 90.5 Å². The first-order valence-electron chi connectivity index (χ1n) is 5.22. The van der Waals surface area contributed by atoms with Crippen LogP contribution in [0.5, 0.6) is 0 Å². The molecule has 0 aromatic rings. The zero-order valence-electron chi connectivity index (χ0n) is 9.47. The topological polar surface area (TPSA) is 59.6 Å². The highest BCUT2D eigenvalue weighted by Crippen LogP contribution is 2.18. The van der Waals surface area contributed by atoms with Crippen molar-refractivity contribution in [2.45, 2.75) is 18.4 Å². The third kappa shape index (κ3) is 3.77. The van der Waals surface area contributed by atoms with E-state index in [1.54, 1.807) is 7.11 Å². The molecule has 0 aromatic carbocycles. The highest BCUT2D eigenvalue weighted by atomic mass is 16.5. The predicted octanol–water partition coefficient (Wildman–Crippen LogP) is -0.482. The highest BCUT2D eigenvalue weighted by Gasteiger charge is 2.33. The van der Waals surface area contributed by atoms with Crippen molar-refractivity contribution in [2.24, 2.45) is 0 Å². The summed E-state index contributed by atoms with van der Waals surface area (Å²) in [7, 11) is 3.19. The number of hydrogen-bond acceptors (Lipinski definition) is 4. The number of hydrogen-bond donors (Lipinski definition) is 2. The first-order valence-corrected chi connectivity index (χ1v) is 5.22. The van der Waals surface area contributed by atoms with Crippen LogP contribution in [0.15, 0.2) is 0 Å². The predicted molar refractivity (Wildman–Crippen MR) is 56.7 cm³/mol. The van der Waals surface area contributed by atoms with E-state index < -0.39 is 0 Å². The van der Waals surface area contributed by atoms with Crippen molar-refractivity contribution >= 4 is 5.91 Å². The largest absolute Gasteiger partial charge is 0.383 e. The van der Waals surface area contributed by atoms with Crippen molar-refractivity contribution in [3.8, 4) is 0 Å². The smallest absolute Gasteiger partial charge is 0.246 e. The van der Waals surface area contributed by atoms with Gasteiger partial charge in [0.15, 0.2) is 0 Å². The number of ether oxygens (including phenoxy) is 2. The quantitative estimate of drug-likeness (QED) is 0.629. The maximum Gasteiger partial charge on any atom is 0.246 e. The van der Waals surface area contributed by atoms with E-state index in [0.29, 0.717) is 13.2 Å². The maximum absolute atomic E-state index is 11.2. The Morgan fingerprint density at radius 2 is 2.27 bits per heavy atom. The molecule has 1 saturated heterocycles. The van der Waals surface area contributed by atoms with Gasteiger partial charge >= 0.3 is 0 Å². The van der Waals surface area contributed by atoms with Gasteiger partial charge in [-0.2, -0.15) is 0 Å². The molecule has 2 N–H and O–H groups in total. The molecule has 1 rings (SSSR count). The standard InChI is InChI=1S/C10H20N2O3/c1-14-6-9(13)11-7-10(8-15-2)4-3-5-12-10/h12H,3-8H2,1-2H3,(H,11,13). The summed E-state index contributed by atoms with van der Waals surface area (Å²) in [6, 6.07) is 0. The van der Waals surface area contributed by atoms with Crippen LogP contribution >= 0.6 is 0 Å². The van der Waals surface area contributed by atoms with Crippen LogP contribution in [0, 0.1) is 0 Å². The van der Waals surface area contributed by atoms with Gasteiger partial charge in [0.05, 0.1) is 12.1 Å². The van der Waals surface area contributed by atoms with Gasteiger partial charge in [-0.15, -0.1) is 0 Å². The summed E-state index contributed by atoms with van der Waals surface area (Å²) in [6.07, 6.45) is 2.16. The molecule has 1 atom stereocenters. The van der Waals surface area contributed by atoms with E-state index in [4.69, 9.17) is 9.47 Å². The van der Waals surface area contributed by atoms with Crippen LogP contribution in [0.25, 0.3) is 0 Å². The summed E-state index contributed by atoms with van der Waals surface area (Å²) in [5.41, 5.74) is -0.0852. The van der Waals surface area contributed by atoms with Crippen LogP contribution in [-0.4, -0.2) is 52.0 Å². The van der Waals surface area contributed by atoms with Crippen LogP contribution in [0.4, 0.5) is 0 Å². The van der Waals surface area contributed by atoms with Crippen molar-refractivity contribution in [1.82, 2.24) is 10.6 Å². The molecule has 0 saturated carbocycles. The number of carbonyl (C=O) groups excluding carboxylic acids is 1. The van der Waals surface area contributed by atoms with Crippen LogP contribution < -0.4 is 10.6 Å². The van der Waals surface area contributed by atoms with Gasteiger partial charge in [0.1, 0.15) is 6.61 Å². The molecule has 1 heterocycles. The number of carbonyl (C=O) groups is 1. The summed E-state index contributed by atoms with van der Waals surface area (Å²) in [5.74, 6) is -0.0818. The van der Waals surface area contributed by atoms with Gasteiger partial charge in [0.2, 0.25) is 5.91 Å². The van der Waals surface area contributed by atoms with E-state index in [1.807, 2.05) is 0 Å². The van der Waals surface area contributed by atoms with Gasteiger partial charge in [-0.3, -0.25) is 4.79 Å². The molecule has 0 bridgehead atoms. The molecule has 0 radical (unpaired) electrons. The molecule has 0 aromatic heterocycles. The van der Waals surface area contributed by atoms with Gasteiger partial charge in [-0.1, -0.05) is 0 Å². The minimum absolute atomic E-state index is 0.0818. The molecule has 1 amide bonds. The lowest BCUT2D eigenvalue weighted by atomic mass is 9.99. The first kappa shape index (κ1) is 12.4. The summed E-state index contributed by atoms with van der Waals surface area (Å²) < 4.78 is 9.92. The Bertz CT molecular complexity index is 203. The average Bonchev–Trinajstić information content (AvgIpc) is 2.65. The lowest BCUT2D eigenvalue weighted by Crippen LogP contribution is -2.53. The summed E-state index contributed by atoms with van der Waals surface area (Å²) >= 11 is 0. The molecule has 5 heteroatoms. The third-order valence-corrected chi connectivity index (χ3v) is 2.65. The lowest BCUT2D eigenvalue weighted by Gasteiger charge is -2.28. The van der Waals surface area contributed by atoms with Crippen molar-refractivity contribution in [1.29, 1.82) is 0 Å². The van der Waals surface area contributed by atoms with E-state index in [9.17, 15) is 4.79 Å². The number of amides is 1. The number of methoxy groups -OCH3 is 2. The molecule has 5 nitrogen and oxygen atoms in total. The van der Waals surface area contributed by atoms with Gasteiger partial charge in [0.25, 0.3) is 0 Å². The van der Waals surface area contributed by atoms with E-state index in [0.717, 1.165) is 19.4 Å². The van der Waals surface area contributed by atoms with Gasteiger partial charge in [0, 0.05) is 20.8 Å². The van der Waals surface area contributed by atoms with Gasteiger partial charge < -0.3 is 20.1 Å². The Kier molecular flexibility index (Phi) is 5.01. The molecule has 1 unspecified atom stereocenters. The van der Waals surface area contributed by atoms with Crippen LogP contribution in [-0.2, 0) is 14.3 Å². The molecule has 1 fully saturated rings. The molecule has 15 heavy (non-hydrogen) atoms. The zero-order chi connectivity index (χ0) is 11.1. The second kappa shape index (κ2) is 6.05. The van der Waals surface area contributed by atoms with Crippen molar-refractivity contribution in [3.05, 3.63) is 0 Å². The monoisotopic (exact) mass is 216 g/mol. The Morgan fingerprint density at radius 3 is 2.80 bits per heavy atom. The summed E-state index contributed by atoms with van der Waals surface area (Å²) in [4.78, 5) is 11.2. The van der Waals surface area contributed by atoms with E-state index >= 15 is 0 Å². The molecular weight excluding hydrogens is 196 g/mol. The second-order valence-corrected chi connectivity index (χ2v) is 3.95. The number of rotatable bonds is 6. The fourth-order valence-electron chi connectivity index (χ4n) is 1.92. The molecular formula is C10H20N2O3.